The van der Waals surface area contributed by atoms with Gasteiger partial charge in [0.05, 0.1) is 6.42 Å². The van der Waals surface area contributed by atoms with Gasteiger partial charge in [-0.05, 0) is 28.7 Å². The molecule has 0 spiro atoms. The second-order valence-electron chi connectivity index (χ2n) is 6.52. The van der Waals surface area contributed by atoms with Crippen molar-refractivity contribution in [2.24, 2.45) is 5.73 Å². The Morgan fingerprint density at radius 2 is 1.67 bits per heavy atom. The van der Waals surface area contributed by atoms with Gasteiger partial charge in [-0.3, -0.25) is 4.79 Å². The zero-order valence-corrected chi connectivity index (χ0v) is 14.2. The highest BCUT2D eigenvalue weighted by Crippen LogP contribution is 2.44. The molecule has 126 valence electrons. The molecule has 0 aliphatic heterocycles. The van der Waals surface area contributed by atoms with Gasteiger partial charge in [0.15, 0.2) is 0 Å². The molecule has 0 bridgehead atoms. The number of carbonyl (C=O) groups is 1. The molecule has 2 aromatic carbocycles. The summed E-state index contributed by atoms with van der Waals surface area (Å²) in [5.41, 5.74) is 11.0. The van der Waals surface area contributed by atoms with E-state index in [0.29, 0.717) is 13.0 Å². The van der Waals surface area contributed by atoms with Crippen LogP contribution in [0.2, 0.25) is 0 Å². The lowest BCUT2D eigenvalue weighted by atomic mass is 9.98. The summed E-state index contributed by atoms with van der Waals surface area (Å²) in [6, 6.07) is 16.6. The van der Waals surface area contributed by atoms with Crippen molar-refractivity contribution in [1.82, 2.24) is 0 Å². The molecule has 3 heteroatoms. The van der Waals surface area contributed by atoms with Gasteiger partial charge in [0.1, 0.15) is 6.61 Å². The van der Waals surface area contributed by atoms with E-state index in [-0.39, 0.29) is 17.9 Å². The lowest BCUT2D eigenvalue weighted by molar-refractivity contribution is -0.144. The van der Waals surface area contributed by atoms with E-state index in [9.17, 15) is 4.79 Å². The molecule has 3 rings (SSSR count). The Hall–Kier alpha value is -2.13. The minimum atomic E-state index is -0.194. The van der Waals surface area contributed by atoms with Crippen LogP contribution >= 0.6 is 0 Å². The summed E-state index contributed by atoms with van der Waals surface area (Å²) < 4.78 is 5.57. The van der Waals surface area contributed by atoms with Crippen LogP contribution in [-0.2, 0) is 9.53 Å². The van der Waals surface area contributed by atoms with Crippen molar-refractivity contribution >= 4 is 5.97 Å². The fourth-order valence-electron chi connectivity index (χ4n) is 3.46. The molecule has 0 saturated heterocycles. The number of unbranched alkanes of at least 4 members (excludes halogenated alkanes) is 1. The first-order chi connectivity index (χ1) is 11.7. The molecule has 1 atom stereocenters. The molecule has 0 saturated carbocycles. The van der Waals surface area contributed by atoms with Crippen molar-refractivity contribution in [2.45, 2.75) is 44.6 Å². The van der Waals surface area contributed by atoms with Crippen molar-refractivity contribution < 1.29 is 9.53 Å². The maximum atomic E-state index is 12.1. The van der Waals surface area contributed by atoms with Gasteiger partial charge in [-0.15, -0.1) is 0 Å². The van der Waals surface area contributed by atoms with Crippen LogP contribution in [0.5, 0.6) is 0 Å². The summed E-state index contributed by atoms with van der Waals surface area (Å²) >= 11 is 0. The third-order valence-electron chi connectivity index (χ3n) is 4.73. The molecule has 0 heterocycles. The van der Waals surface area contributed by atoms with E-state index in [1.807, 2.05) is 12.1 Å². The molecule has 0 fully saturated rings. The smallest absolute Gasteiger partial charge is 0.307 e. The highest BCUT2D eigenvalue weighted by molar-refractivity contribution is 5.79. The Morgan fingerprint density at radius 1 is 1.08 bits per heavy atom. The van der Waals surface area contributed by atoms with Gasteiger partial charge >= 0.3 is 5.97 Å². The standard InChI is InChI=1S/C21H25NO2/c1-2-3-8-15(22)13-21(23)24-14-20-18-11-6-4-9-16(18)17-10-5-7-12-19(17)20/h4-7,9-12,15,20H,2-3,8,13-14,22H2,1H3/t15-/m0/s1. The van der Waals surface area contributed by atoms with Gasteiger partial charge in [0, 0.05) is 12.0 Å². The number of ether oxygens (including phenoxy) is 1. The molecule has 24 heavy (non-hydrogen) atoms. The molecule has 0 radical (unpaired) electrons. The van der Waals surface area contributed by atoms with Gasteiger partial charge in [0.25, 0.3) is 0 Å². The summed E-state index contributed by atoms with van der Waals surface area (Å²) in [5, 5.41) is 0. The SMILES string of the molecule is CCCC[C@H](N)CC(=O)OCC1c2ccccc2-c2ccccc21. The van der Waals surface area contributed by atoms with E-state index in [1.54, 1.807) is 0 Å². The summed E-state index contributed by atoms with van der Waals surface area (Å²) in [5.74, 6) is -0.0753. The first-order valence-corrected chi connectivity index (χ1v) is 8.80. The van der Waals surface area contributed by atoms with Crippen LogP contribution in [0.1, 0.15) is 49.7 Å². The highest BCUT2D eigenvalue weighted by atomic mass is 16.5. The molecule has 0 aromatic heterocycles. The second kappa shape index (κ2) is 7.63. The number of carbonyl (C=O) groups excluding carboxylic acids is 1. The van der Waals surface area contributed by atoms with Crippen LogP contribution in [0.15, 0.2) is 48.5 Å². The maximum absolute atomic E-state index is 12.1. The summed E-state index contributed by atoms with van der Waals surface area (Å²) in [4.78, 5) is 12.1. The summed E-state index contributed by atoms with van der Waals surface area (Å²) in [7, 11) is 0. The second-order valence-corrected chi connectivity index (χ2v) is 6.52. The van der Waals surface area contributed by atoms with Gasteiger partial charge < -0.3 is 10.5 Å². The molecule has 0 unspecified atom stereocenters. The molecule has 1 aliphatic rings. The van der Waals surface area contributed by atoms with Crippen LogP contribution in [0, 0.1) is 0 Å². The third kappa shape index (κ3) is 3.51. The van der Waals surface area contributed by atoms with Gasteiger partial charge in [-0.2, -0.15) is 0 Å². The monoisotopic (exact) mass is 323 g/mol. The van der Waals surface area contributed by atoms with Crippen molar-refractivity contribution in [3.05, 3.63) is 59.7 Å². The normalized spacial score (nSPS) is 14.1. The quantitative estimate of drug-likeness (QED) is 0.775. The summed E-state index contributed by atoms with van der Waals surface area (Å²) in [6.45, 7) is 2.51. The highest BCUT2D eigenvalue weighted by Gasteiger charge is 2.29. The van der Waals surface area contributed by atoms with Crippen LogP contribution in [-0.4, -0.2) is 18.6 Å². The van der Waals surface area contributed by atoms with Crippen LogP contribution < -0.4 is 5.73 Å². The largest absolute Gasteiger partial charge is 0.465 e. The van der Waals surface area contributed by atoms with Gasteiger partial charge in [-0.25, -0.2) is 0 Å². The molecular formula is C21H25NO2. The van der Waals surface area contributed by atoms with E-state index in [1.165, 1.54) is 22.3 Å². The van der Waals surface area contributed by atoms with Crippen molar-refractivity contribution in [2.75, 3.05) is 6.61 Å². The first-order valence-electron chi connectivity index (χ1n) is 8.80. The zero-order chi connectivity index (χ0) is 16.9. The molecule has 0 amide bonds. The van der Waals surface area contributed by atoms with Gasteiger partial charge in [0.2, 0.25) is 0 Å². The predicted octanol–water partition coefficient (Wildman–Crippen LogP) is 4.25. The fourth-order valence-corrected chi connectivity index (χ4v) is 3.46. The van der Waals surface area contributed by atoms with Crippen molar-refractivity contribution in [3.63, 3.8) is 0 Å². The van der Waals surface area contributed by atoms with Crippen LogP contribution in [0.25, 0.3) is 11.1 Å². The Labute approximate surface area is 143 Å². The topological polar surface area (TPSA) is 52.3 Å². The summed E-state index contributed by atoms with van der Waals surface area (Å²) in [6.07, 6.45) is 3.33. The first kappa shape index (κ1) is 16.7. The Morgan fingerprint density at radius 3 is 2.25 bits per heavy atom. The molecule has 2 N–H and O–H groups in total. The molecule has 3 nitrogen and oxygen atoms in total. The van der Waals surface area contributed by atoms with Crippen LogP contribution in [0.3, 0.4) is 0 Å². The minimum Gasteiger partial charge on any atom is -0.465 e. The molecule has 1 aliphatic carbocycles. The number of nitrogens with two attached hydrogens (primary N) is 1. The Balaban J connectivity index is 1.66. The fraction of sp³-hybridized carbons (Fsp3) is 0.381. The molecular weight excluding hydrogens is 298 g/mol. The Bertz CT molecular complexity index is 665. The van der Waals surface area contributed by atoms with Crippen molar-refractivity contribution in [3.8, 4) is 11.1 Å². The number of hydrogen-bond acceptors (Lipinski definition) is 3. The third-order valence-corrected chi connectivity index (χ3v) is 4.73. The minimum absolute atomic E-state index is 0.0967. The zero-order valence-electron chi connectivity index (χ0n) is 14.2. The van der Waals surface area contributed by atoms with Crippen LogP contribution in [0.4, 0.5) is 0 Å². The van der Waals surface area contributed by atoms with E-state index < -0.39 is 0 Å². The van der Waals surface area contributed by atoms with Gasteiger partial charge in [-0.1, -0.05) is 68.3 Å². The number of hydrogen-bond donors (Lipinski definition) is 1. The lowest BCUT2D eigenvalue weighted by Crippen LogP contribution is -2.25. The number of esters is 1. The maximum Gasteiger partial charge on any atom is 0.307 e. The Kier molecular flexibility index (Phi) is 5.31. The number of benzene rings is 2. The predicted molar refractivity (Wildman–Crippen MR) is 96.8 cm³/mol. The van der Waals surface area contributed by atoms with Crippen molar-refractivity contribution in [1.29, 1.82) is 0 Å². The molecule has 2 aromatic rings. The lowest BCUT2D eigenvalue weighted by Gasteiger charge is -2.15. The average molecular weight is 323 g/mol. The van der Waals surface area contributed by atoms with E-state index in [4.69, 9.17) is 10.5 Å². The van der Waals surface area contributed by atoms with E-state index in [2.05, 4.69) is 43.3 Å². The van der Waals surface area contributed by atoms with E-state index >= 15 is 0 Å². The average Bonchev–Trinajstić information content (AvgIpc) is 2.92. The number of fused-ring (bicyclic) bond motifs is 3. The number of rotatable bonds is 7. The van der Waals surface area contributed by atoms with E-state index in [0.717, 1.165) is 19.3 Å².